The molecule has 2 aromatic rings. The van der Waals surface area contributed by atoms with Gasteiger partial charge >= 0.3 is 0 Å². The van der Waals surface area contributed by atoms with Crippen LogP contribution in [0.3, 0.4) is 0 Å². The van der Waals surface area contributed by atoms with E-state index >= 15 is 0 Å². The Bertz CT molecular complexity index is 650. The summed E-state index contributed by atoms with van der Waals surface area (Å²) in [6.07, 6.45) is 4.26. The minimum atomic E-state index is -0.104. The molecule has 6 heteroatoms. The van der Waals surface area contributed by atoms with Crippen molar-refractivity contribution in [2.24, 2.45) is 0 Å². The van der Waals surface area contributed by atoms with Crippen molar-refractivity contribution in [2.45, 2.75) is 39.0 Å². The number of nitrogens with zero attached hydrogens (tertiary/aromatic N) is 2. The third-order valence-electron chi connectivity index (χ3n) is 3.28. The number of amides is 1. The standard InChI is InChI=1S/C17H22N4O.ClH/c1-17(2,3)16-19-10-13(11-20-16)21-15(22)9-8-12-6-4-5-7-14(12)18;/h4-7,10-11H,8-9,18H2,1-3H3,(H,21,22);1H. The number of halogens is 1. The Morgan fingerprint density at radius 1 is 1.17 bits per heavy atom. The maximum Gasteiger partial charge on any atom is 0.224 e. The molecule has 0 aliphatic carbocycles. The molecule has 0 atom stereocenters. The summed E-state index contributed by atoms with van der Waals surface area (Å²) in [7, 11) is 0. The van der Waals surface area contributed by atoms with E-state index in [4.69, 9.17) is 5.73 Å². The number of anilines is 2. The number of hydrogen-bond donors (Lipinski definition) is 2. The lowest BCUT2D eigenvalue weighted by molar-refractivity contribution is -0.116. The van der Waals surface area contributed by atoms with Gasteiger partial charge < -0.3 is 11.1 Å². The second-order valence-electron chi connectivity index (χ2n) is 6.29. The van der Waals surface area contributed by atoms with Crippen LogP contribution in [0.5, 0.6) is 0 Å². The van der Waals surface area contributed by atoms with Crippen LogP contribution in [0.4, 0.5) is 11.4 Å². The SMILES string of the molecule is CC(C)(C)c1ncc(NC(=O)CCc2ccccc2N)cn1.Cl. The number of nitrogens with one attached hydrogen (secondary N) is 1. The molecule has 5 nitrogen and oxygen atoms in total. The number of benzene rings is 1. The predicted molar refractivity (Wildman–Crippen MR) is 95.8 cm³/mol. The first-order valence-corrected chi connectivity index (χ1v) is 7.32. The van der Waals surface area contributed by atoms with Crippen molar-refractivity contribution in [2.75, 3.05) is 11.1 Å². The zero-order chi connectivity index (χ0) is 16.2. The highest BCUT2D eigenvalue weighted by Gasteiger charge is 2.16. The Hall–Kier alpha value is -2.14. The highest BCUT2D eigenvalue weighted by atomic mass is 35.5. The first kappa shape index (κ1) is 18.9. The average molecular weight is 335 g/mol. The molecule has 0 saturated heterocycles. The maximum absolute atomic E-state index is 12.0. The van der Waals surface area contributed by atoms with Gasteiger partial charge in [0.25, 0.3) is 0 Å². The van der Waals surface area contributed by atoms with E-state index in [1.54, 1.807) is 12.4 Å². The number of hydrogen-bond acceptors (Lipinski definition) is 4. The van der Waals surface area contributed by atoms with Crippen molar-refractivity contribution in [1.29, 1.82) is 0 Å². The Kier molecular flexibility index (Phi) is 6.51. The summed E-state index contributed by atoms with van der Waals surface area (Å²) < 4.78 is 0. The van der Waals surface area contributed by atoms with Gasteiger partial charge in [-0.3, -0.25) is 4.79 Å². The van der Waals surface area contributed by atoms with E-state index in [2.05, 4.69) is 15.3 Å². The van der Waals surface area contributed by atoms with E-state index in [-0.39, 0.29) is 23.7 Å². The molecule has 1 amide bonds. The number of carbonyl (C=O) groups is 1. The fourth-order valence-electron chi connectivity index (χ4n) is 2.01. The van der Waals surface area contributed by atoms with Crippen molar-refractivity contribution in [3.8, 4) is 0 Å². The molecule has 0 spiro atoms. The third-order valence-corrected chi connectivity index (χ3v) is 3.28. The normalized spacial score (nSPS) is 10.7. The molecule has 124 valence electrons. The molecule has 0 saturated carbocycles. The molecule has 0 bridgehead atoms. The monoisotopic (exact) mass is 334 g/mol. The molecule has 3 N–H and O–H groups in total. The van der Waals surface area contributed by atoms with E-state index in [9.17, 15) is 4.79 Å². The fraction of sp³-hybridized carbons (Fsp3) is 0.353. The summed E-state index contributed by atoms with van der Waals surface area (Å²) in [5.74, 6) is 0.679. The summed E-state index contributed by atoms with van der Waals surface area (Å²) in [6, 6.07) is 7.58. The Morgan fingerprint density at radius 2 is 1.78 bits per heavy atom. The molecule has 0 aliphatic heterocycles. The highest BCUT2D eigenvalue weighted by Crippen LogP contribution is 2.18. The maximum atomic E-state index is 12.0. The van der Waals surface area contributed by atoms with Crippen LogP contribution in [0.1, 0.15) is 38.6 Å². The molecule has 23 heavy (non-hydrogen) atoms. The molecule has 0 fully saturated rings. The average Bonchev–Trinajstić information content (AvgIpc) is 2.46. The summed E-state index contributed by atoms with van der Waals surface area (Å²) in [5, 5.41) is 2.81. The van der Waals surface area contributed by atoms with Crippen molar-refractivity contribution in [3.63, 3.8) is 0 Å². The van der Waals surface area contributed by atoms with Gasteiger partial charge in [0.2, 0.25) is 5.91 Å². The van der Waals surface area contributed by atoms with Crippen LogP contribution in [0.15, 0.2) is 36.7 Å². The van der Waals surface area contributed by atoms with Gasteiger partial charge in [0.15, 0.2) is 0 Å². The van der Waals surface area contributed by atoms with E-state index in [0.717, 1.165) is 11.4 Å². The zero-order valence-corrected chi connectivity index (χ0v) is 14.5. The predicted octanol–water partition coefficient (Wildman–Crippen LogP) is 3.35. The van der Waals surface area contributed by atoms with Crippen LogP contribution in [-0.2, 0) is 16.6 Å². The summed E-state index contributed by atoms with van der Waals surface area (Å²) >= 11 is 0. The Balaban J connectivity index is 0.00000264. The smallest absolute Gasteiger partial charge is 0.224 e. The van der Waals surface area contributed by atoms with Crippen LogP contribution in [0.2, 0.25) is 0 Å². The number of para-hydroxylation sites is 1. The van der Waals surface area contributed by atoms with Gasteiger partial charge in [0, 0.05) is 17.5 Å². The van der Waals surface area contributed by atoms with Crippen molar-refractivity contribution < 1.29 is 4.79 Å². The van der Waals surface area contributed by atoms with Crippen molar-refractivity contribution in [3.05, 3.63) is 48.0 Å². The Morgan fingerprint density at radius 3 is 2.35 bits per heavy atom. The molecule has 1 heterocycles. The number of nitrogen functional groups attached to an aromatic ring is 1. The molecule has 1 aromatic carbocycles. The zero-order valence-electron chi connectivity index (χ0n) is 13.7. The molecular weight excluding hydrogens is 312 g/mol. The molecule has 0 radical (unpaired) electrons. The molecule has 0 aliphatic rings. The van der Waals surface area contributed by atoms with E-state index in [1.165, 1.54) is 0 Å². The number of rotatable bonds is 4. The molecule has 0 unspecified atom stereocenters. The van der Waals surface area contributed by atoms with Crippen molar-refractivity contribution >= 4 is 29.7 Å². The lowest BCUT2D eigenvalue weighted by atomic mass is 9.96. The number of aromatic nitrogens is 2. The Labute approximate surface area is 143 Å². The largest absolute Gasteiger partial charge is 0.399 e. The van der Waals surface area contributed by atoms with Gasteiger partial charge in [-0.15, -0.1) is 12.4 Å². The van der Waals surface area contributed by atoms with Crippen LogP contribution < -0.4 is 11.1 Å². The van der Waals surface area contributed by atoms with Gasteiger partial charge in [-0.25, -0.2) is 9.97 Å². The lowest BCUT2D eigenvalue weighted by Gasteiger charge is -2.16. The van der Waals surface area contributed by atoms with Gasteiger partial charge in [0.1, 0.15) is 5.82 Å². The fourth-order valence-corrected chi connectivity index (χ4v) is 2.01. The van der Waals surface area contributed by atoms with Gasteiger partial charge in [-0.2, -0.15) is 0 Å². The van der Waals surface area contributed by atoms with Crippen LogP contribution >= 0.6 is 12.4 Å². The summed E-state index contributed by atoms with van der Waals surface area (Å²) in [4.78, 5) is 20.6. The van der Waals surface area contributed by atoms with Crippen LogP contribution in [-0.4, -0.2) is 15.9 Å². The minimum Gasteiger partial charge on any atom is -0.399 e. The first-order chi connectivity index (χ1) is 10.4. The molecule has 1 aromatic heterocycles. The minimum absolute atomic E-state index is 0. The lowest BCUT2D eigenvalue weighted by Crippen LogP contribution is -2.17. The number of aryl methyl sites for hydroxylation is 1. The van der Waals surface area contributed by atoms with Crippen molar-refractivity contribution in [1.82, 2.24) is 9.97 Å². The van der Waals surface area contributed by atoms with Gasteiger partial charge in [-0.05, 0) is 18.1 Å². The number of nitrogens with two attached hydrogens (primary N) is 1. The van der Waals surface area contributed by atoms with E-state index in [1.807, 2.05) is 45.0 Å². The summed E-state index contributed by atoms with van der Waals surface area (Å²) in [5.41, 5.74) is 8.07. The second-order valence-corrected chi connectivity index (χ2v) is 6.29. The van der Waals surface area contributed by atoms with Gasteiger partial charge in [0.05, 0.1) is 18.1 Å². The second kappa shape index (κ2) is 7.92. The van der Waals surface area contributed by atoms with E-state index in [0.29, 0.717) is 24.2 Å². The molecular formula is C17H23ClN4O. The highest BCUT2D eigenvalue weighted by molar-refractivity contribution is 5.90. The quantitative estimate of drug-likeness (QED) is 0.840. The molecule has 2 rings (SSSR count). The summed E-state index contributed by atoms with van der Waals surface area (Å²) in [6.45, 7) is 6.14. The first-order valence-electron chi connectivity index (χ1n) is 7.32. The van der Waals surface area contributed by atoms with Gasteiger partial charge in [-0.1, -0.05) is 39.0 Å². The topological polar surface area (TPSA) is 80.9 Å². The van der Waals surface area contributed by atoms with Crippen LogP contribution in [0.25, 0.3) is 0 Å². The van der Waals surface area contributed by atoms with E-state index < -0.39 is 0 Å². The number of carbonyl (C=O) groups excluding carboxylic acids is 1. The van der Waals surface area contributed by atoms with Crippen LogP contribution in [0, 0.1) is 0 Å². The third kappa shape index (κ3) is 5.53.